The third-order valence-corrected chi connectivity index (χ3v) is 7.28. The first-order valence-electron chi connectivity index (χ1n) is 8.81. The van der Waals surface area contributed by atoms with Crippen molar-refractivity contribution in [3.8, 4) is 0 Å². The number of piperidine rings is 1. The Bertz CT molecular complexity index is 434. The van der Waals surface area contributed by atoms with Gasteiger partial charge in [-0.15, -0.1) is 0 Å². The number of aliphatic carboxylic acids is 1. The molecule has 1 saturated heterocycles. The van der Waals surface area contributed by atoms with E-state index < -0.39 is 19.6 Å². The van der Waals surface area contributed by atoms with Crippen LogP contribution in [0.15, 0.2) is 0 Å². The highest BCUT2D eigenvalue weighted by molar-refractivity contribution is 7.53. The van der Waals surface area contributed by atoms with Crippen LogP contribution in [0.2, 0.25) is 0 Å². The third-order valence-electron chi connectivity index (χ3n) is 5.17. The molecule has 0 spiro atoms. The summed E-state index contributed by atoms with van der Waals surface area (Å²) in [4.78, 5) is 11.2. The van der Waals surface area contributed by atoms with Crippen LogP contribution in [0, 0.1) is 17.8 Å². The summed E-state index contributed by atoms with van der Waals surface area (Å²) in [6.07, 6.45) is 5.31. The predicted molar refractivity (Wildman–Crippen MR) is 88.7 cm³/mol. The molecule has 0 amide bonds. The maximum atomic E-state index is 12.5. The summed E-state index contributed by atoms with van der Waals surface area (Å²) >= 11 is 0. The molecule has 4 atom stereocenters. The third kappa shape index (κ3) is 5.28. The van der Waals surface area contributed by atoms with E-state index >= 15 is 0 Å². The van der Waals surface area contributed by atoms with Gasteiger partial charge in [-0.25, -0.2) is 0 Å². The van der Waals surface area contributed by atoms with Gasteiger partial charge in [0, 0.05) is 0 Å². The number of carbonyl (C=O) groups is 1. The van der Waals surface area contributed by atoms with E-state index in [2.05, 4.69) is 5.32 Å². The summed E-state index contributed by atoms with van der Waals surface area (Å²) in [5.41, 5.74) is 0. The van der Waals surface area contributed by atoms with E-state index in [9.17, 15) is 14.5 Å². The van der Waals surface area contributed by atoms with E-state index in [-0.39, 0.29) is 0 Å². The monoisotopic (exact) mass is 347 g/mol. The molecule has 23 heavy (non-hydrogen) atoms. The highest BCUT2D eigenvalue weighted by Gasteiger charge is 2.38. The first kappa shape index (κ1) is 18.9. The van der Waals surface area contributed by atoms with Gasteiger partial charge in [-0.2, -0.15) is 0 Å². The first-order valence-corrected chi connectivity index (χ1v) is 10.5. The van der Waals surface area contributed by atoms with Crippen molar-refractivity contribution in [2.24, 2.45) is 17.8 Å². The van der Waals surface area contributed by atoms with Gasteiger partial charge < -0.3 is 19.5 Å². The van der Waals surface area contributed by atoms with Crippen LogP contribution in [0.4, 0.5) is 0 Å². The fourth-order valence-electron chi connectivity index (χ4n) is 4.01. The Balaban J connectivity index is 1.85. The van der Waals surface area contributed by atoms with Crippen molar-refractivity contribution in [2.75, 3.05) is 25.9 Å². The molecule has 1 aliphatic carbocycles. The lowest BCUT2D eigenvalue weighted by molar-refractivity contribution is -0.141. The van der Waals surface area contributed by atoms with Gasteiger partial charge >= 0.3 is 13.6 Å². The van der Waals surface area contributed by atoms with E-state index in [1.165, 1.54) is 0 Å². The van der Waals surface area contributed by atoms with Crippen molar-refractivity contribution in [3.05, 3.63) is 0 Å². The number of hydrogen-bond donors (Lipinski definition) is 2. The zero-order chi connectivity index (χ0) is 16.9. The number of carboxylic acid groups (broad SMARTS) is 1. The second-order valence-corrected chi connectivity index (χ2v) is 8.88. The van der Waals surface area contributed by atoms with E-state index in [0.717, 1.165) is 32.2 Å². The Labute approximate surface area is 138 Å². The van der Waals surface area contributed by atoms with Gasteiger partial charge in [0.2, 0.25) is 0 Å². The second-order valence-electron chi connectivity index (χ2n) is 6.69. The fourth-order valence-corrected chi connectivity index (χ4v) is 5.81. The molecular formula is C16H30NO5P. The molecule has 2 aliphatic rings. The van der Waals surface area contributed by atoms with Crippen molar-refractivity contribution in [1.29, 1.82) is 0 Å². The van der Waals surface area contributed by atoms with Crippen molar-refractivity contribution in [2.45, 2.75) is 52.0 Å². The SMILES string of the molecule is CCOP(=O)(CC[C@@H]1CC[C@H]2CN[C@H](C(=O)O)C[C@H]2C1)OCC. The smallest absolute Gasteiger partial charge is 0.330 e. The molecule has 7 heteroatoms. The summed E-state index contributed by atoms with van der Waals surface area (Å²) < 4.78 is 23.3. The highest BCUT2D eigenvalue weighted by atomic mass is 31.2. The molecule has 0 aromatic rings. The van der Waals surface area contributed by atoms with Crippen molar-refractivity contribution >= 4 is 13.6 Å². The topological polar surface area (TPSA) is 84.9 Å². The minimum atomic E-state index is -2.96. The minimum Gasteiger partial charge on any atom is -0.480 e. The Morgan fingerprint density at radius 1 is 1.17 bits per heavy atom. The average molecular weight is 347 g/mol. The van der Waals surface area contributed by atoms with Gasteiger partial charge in [0.05, 0.1) is 19.4 Å². The molecule has 134 valence electrons. The van der Waals surface area contributed by atoms with Crippen LogP contribution in [0.3, 0.4) is 0 Å². The lowest BCUT2D eigenvalue weighted by Crippen LogP contribution is -2.49. The minimum absolute atomic E-state index is 0.401. The molecule has 0 aromatic carbocycles. The van der Waals surface area contributed by atoms with Crippen LogP contribution in [-0.4, -0.2) is 43.0 Å². The van der Waals surface area contributed by atoms with E-state index in [1.54, 1.807) is 0 Å². The fraction of sp³-hybridized carbons (Fsp3) is 0.938. The summed E-state index contributed by atoms with van der Waals surface area (Å²) in [6, 6.07) is -0.409. The maximum Gasteiger partial charge on any atom is 0.330 e. The van der Waals surface area contributed by atoms with E-state index in [1.807, 2.05) is 13.8 Å². The number of carboxylic acids is 1. The van der Waals surface area contributed by atoms with Gasteiger partial charge in [-0.3, -0.25) is 9.36 Å². The Morgan fingerprint density at radius 2 is 1.87 bits per heavy atom. The molecule has 0 unspecified atom stereocenters. The second kappa shape index (κ2) is 8.61. The largest absolute Gasteiger partial charge is 0.480 e. The molecule has 6 nitrogen and oxygen atoms in total. The summed E-state index contributed by atoms with van der Waals surface area (Å²) in [5.74, 6) is 0.808. The number of hydrogen-bond acceptors (Lipinski definition) is 5. The molecule has 2 N–H and O–H groups in total. The maximum absolute atomic E-state index is 12.5. The van der Waals surface area contributed by atoms with Crippen LogP contribution in [0.1, 0.15) is 46.0 Å². The number of fused-ring (bicyclic) bond motifs is 1. The van der Waals surface area contributed by atoms with Crippen LogP contribution < -0.4 is 5.32 Å². The number of rotatable bonds is 8. The molecule has 1 heterocycles. The van der Waals surface area contributed by atoms with Crippen molar-refractivity contribution in [3.63, 3.8) is 0 Å². The zero-order valence-electron chi connectivity index (χ0n) is 14.2. The lowest BCUT2D eigenvalue weighted by Gasteiger charge is -2.41. The van der Waals surface area contributed by atoms with Gasteiger partial charge in [0.15, 0.2) is 0 Å². The molecule has 2 rings (SSSR count). The van der Waals surface area contributed by atoms with Crippen LogP contribution in [0.25, 0.3) is 0 Å². The van der Waals surface area contributed by atoms with Gasteiger partial charge in [-0.05, 0) is 63.8 Å². The highest BCUT2D eigenvalue weighted by Crippen LogP contribution is 2.50. The Morgan fingerprint density at radius 3 is 2.48 bits per heavy atom. The standard InChI is InChI=1S/C16H30NO5P/c1-3-21-23(20,22-4-2)8-7-12-5-6-13-11-17-15(16(18)19)10-14(13)9-12/h12-15,17H,3-11H2,1-2H3,(H,18,19)/t12-,13-,14+,15-/m0/s1. The van der Waals surface area contributed by atoms with Crippen molar-refractivity contribution in [1.82, 2.24) is 5.32 Å². The first-order chi connectivity index (χ1) is 11.0. The normalized spacial score (nSPS) is 31.6. The average Bonchev–Trinajstić information content (AvgIpc) is 2.52. The summed E-state index contributed by atoms with van der Waals surface area (Å²) in [7, 11) is -2.96. The van der Waals surface area contributed by atoms with Crippen LogP contribution in [0.5, 0.6) is 0 Å². The van der Waals surface area contributed by atoms with E-state index in [4.69, 9.17) is 9.05 Å². The molecule has 0 bridgehead atoms. The van der Waals surface area contributed by atoms with E-state index in [0.29, 0.717) is 43.6 Å². The summed E-state index contributed by atoms with van der Waals surface area (Å²) in [6.45, 7) is 5.28. The molecule has 2 fully saturated rings. The van der Waals surface area contributed by atoms with Crippen molar-refractivity contribution < 1.29 is 23.5 Å². The van der Waals surface area contributed by atoms with Gasteiger partial charge in [-0.1, -0.05) is 6.42 Å². The van der Waals surface area contributed by atoms with Crippen LogP contribution >= 0.6 is 7.60 Å². The molecule has 0 radical (unpaired) electrons. The van der Waals surface area contributed by atoms with Gasteiger partial charge in [0.25, 0.3) is 0 Å². The van der Waals surface area contributed by atoms with Crippen LogP contribution in [-0.2, 0) is 18.4 Å². The summed E-state index contributed by atoms with van der Waals surface area (Å²) in [5, 5.41) is 12.3. The number of nitrogens with one attached hydrogen (secondary N) is 1. The zero-order valence-corrected chi connectivity index (χ0v) is 15.1. The lowest BCUT2D eigenvalue weighted by atomic mass is 9.69. The molecule has 0 aromatic heterocycles. The Kier molecular flexibility index (Phi) is 7.08. The molecular weight excluding hydrogens is 317 g/mol. The molecule has 1 aliphatic heterocycles. The Hall–Kier alpha value is -0.420. The van der Waals surface area contributed by atoms with Gasteiger partial charge in [0.1, 0.15) is 6.04 Å². The molecule has 1 saturated carbocycles. The predicted octanol–water partition coefficient (Wildman–Crippen LogP) is 3.12. The quantitative estimate of drug-likeness (QED) is 0.656.